The highest BCUT2D eigenvalue weighted by Crippen LogP contribution is 2.23. The molecule has 2 rings (SSSR count). The quantitative estimate of drug-likeness (QED) is 0.554. The van der Waals surface area contributed by atoms with Crippen molar-refractivity contribution in [2.24, 2.45) is 5.92 Å². The average molecular weight is 475 g/mol. The molecule has 0 aromatic heterocycles. The van der Waals surface area contributed by atoms with E-state index in [2.05, 4.69) is 5.32 Å². The van der Waals surface area contributed by atoms with Crippen molar-refractivity contribution >= 4 is 31.7 Å². The van der Waals surface area contributed by atoms with Gasteiger partial charge in [-0.3, -0.25) is 4.79 Å². The van der Waals surface area contributed by atoms with Crippen molar-refractivity contribution in [3.05, 3.63) is 29.8 Å². The van der Waals surface area contributed by atoms with Gasteiger partial charge in [0.2, 0.25) is 15.9 Å². The summed E-state index contributed by atoms with van der Waals surface area (Å²) in [5.74, 6) is -2.47. The highest BCUT2D eigenvalue weighted by molar-refractivity contribution is 7.92. The number of sulfone groups is 1. The molecule has 174 valence electrons. The molecule has 11 heteroatoms. The van der Waals surface area contributed by atoms with E-state index in [-0.39, 0.29) is 36.1 Å². The normalized spacial score (nSPS) is 20.2. The zero-order valence-electron chi connectivity index (χ0n) is 18.2. The molecule has 9 nitrogen and oxygen atoms in total. The topological polar surface area (TPSA) is 127 Å². The molecule has 31 heavy (non-hydrogen) atoms. The third-order valence-electron chi connectivity index (χ3n) is 4.91. The van der Waals surface area contributed by atoms with E-state index in [9.17, 15) is 26.4 Å². The number of ether oxygens (including phenoxy) is 1. The van der Waals surface area contributed by atoms with Crippen molar-refractivity contribution in [1.29, 1.82) is 0 Å². The number of sulfonamides is 1. The number of rotatable bonds is 8. The molecule has 0 aliphatic carbocycles. The van der Waals surface area contributed by atoms with Crippen molar-refractivity contribution in [1.82, 2.24) is 9.62 Å². The fourth-order valence-electron chi connectivity index (χ4n) is 3.33. The van der Waals surface area contributed by atoms with Crippen LogP contribution in [0.15, 0.2) is 29.2 Å². The van der Waals surface area contributed by atoms with Crippen LogP contribution in [-0.4, -0.2) is 69.8 Å². The van der Waals surface area contributed by atoms with Gasteiger partial charge in [-0.25, -0.2) is 21.6 Å². The van der Waals surface area contributed by atoms with Crippen LogP contribution in [0.2, 0.25) is 0 Å². The second-order valence-electron chi connectivity index (χ2n) is 8.00. The van der Waals surface area contributed by atoms with Crippen molar-refractivity contribution in [2.75, 3.05) is 24.7 Å². The van der Waals surface area contributed by atoms with E-state index >= 15 is 0 Å². The number of nitrogens with one attached hydrogen (secondary N) is 1. The Morgan fingerprint density at radius 2 is 1.84 bits per heavy atom. The molecule has 0 bridgehead atoms. The molecule has 0 saturated carbocycles. The summed E-state index contributed by atoms with van der Waals surface area (Å²) in [6.45, 7) is 6.94. The van der Waals surface area contributed by atoms with Gasteiger partial charge < -0.3 is 10.1 Å². The molecule has 1 N–H and O–H groups in total. The first-order chi connectivity index (χ1) is 14.4. The van der Waals surface area contributed by atoms with Gasteiger partial charge in [0.25, 0.3) is 0 Å². The molecule has 0 radical (unpaired) electrons. The van der Waals surface area contributed by atoms with Gasteiger partial charge in [-0.15, -0.1) is 0 Å². The maximum Gasteiger partial charge on any atom is 0.328 e. The summed E-state index contributed by atoms with van der Waals surface area (Å²) >= 11 is 0. The Hall–Kier alpha value is -1.98. The lowest BCUT2D eigenvalue weighted by Crippen LogP contribution is -2.59. The molecule has 1 aliphatic heterocycles. The first-order valence-electron chi connectivity index (χ1n) is 10.1. The van der Waals surface area contributed by atoms with Crippen molar-refractivity contribution in [3.63, 3.8) is 0 Å². The number of amides is 1. The molecular formula is C20H30N2O7S2. The zero-order chi connectivity index (χ0) is 23.4. The first-order valence-corrected chi connectivity index (χ1v) is 13.4. The van der Waals surface area contributed by atoms with Gasteiger partial charge >= 0.3 is 5.97 Å². The molecule has 2 atom stereocenters. The number of hydrogen-bond acceptors (Lipinski definition) is 7. The number of esters is 1. The van der Waals surface area contributed by atoms with Crippen LogP contribution in [0.25, 0.3) is 0 Å². The molecule has 0 spiro atoms. The van der Waals surface area contributed by atoms with Crippen LogP contribution >= 0.6 is 0 Å². The summed E-state index contributed by atoms with van der Waals surface area (Å²) in [7, 11) is -7.75. The smallest absolute Gasteiger partial charge is 0.328 e. The molecule has 1 heterocycles. The van der Waals surface area contributed by atoms with E-state index in [1.165, 1.54) is 12.1 Å². The number of carbonyl (C=O) groups is 2. The van der Waals surface area contributed by atoms with Crippen LogP contribution < -0.4 is 5.32 Å². The van der Waals surface area contributed by atoms with Gasteiger partial charge in [-0.05, 0) is 38.3 Å². The van der Waals surface area contributed by atoms with Gasteiger partial charge in [-0.2, -0.15) is 4.31 Å². The Labute approximate surface area is 184 Å². The summed E-state index contributed by atoms with van der Waals surface area (Å²) in [5.41, 5.74) is 0.862. The second kappa shape index (κ2) is 10.1. The van der Waals surface area contributed by atoms with Gasteiger partial charge in [0.05, 0.1) is 23.0 Å². The highest BCUT2D eigenvalue weighted by atomic mass is 32.2. The second-order valence-corrected chi connectivity index (χ2v) is 12.1. The lowest BCUT2D eigenvalue weighted by atomic mass is 10.0. The number of aryl methyl sites for hydroxylation is 1. The minimum atomic E-state index is -4.12. The zero-order valence-corrected chi connectivity index (χ0v) is 19.8. The van der Waals surface area contributed by atoms with Gasteiger partial charge in [0.15, 0.2) is 9.84 Å². The molecule has 1 amide bonds. The highest BCUT2D eigenvalue weighted by Gasteiger charge is 2.43. The molecule has 1 unspecified atom stereocenters. The van der Waals surface area contributed by atoms with Gasteiger partial charge in [0.1, 0.15) is 12.1 Å². The van der Waals surface area contributed by atoms with Crippen molar-refractivity contribution in [3.8, 4) is 0 Å². The summed E-state index contributed by atoms with van der Waals surface area (Å²) in [5, 5.41) is 2.52. The molecular weight excluding hydrogens is 444 g/mol. The summed E-state index contributed by atoms with van der Waals surface area (Å²) in [4.78, 5) is 25.3. The number of carbonyl (C=O) groups excluding carboxylic acids is 2. The SMILES string of the molecule is CCOC(=O)C(CC(C)C)NC(=O)[C@@H]1CS(=O)(=O)CCN1S(=O)(=O)c1ccc(C)cc1. The Balaban J connectivity index is 2.36. The molecule has 1 aromatic carbocycles. The monoisotopic (exact) mass is 474 g/mol. The van der Waals surface area contributed by atoms with Gasteiger partial charge in [-0.1, -0.05) is 31.5 Å². The van der Waals surface area contributed by atoms with Crippen molar-refractivity contribution in [2.45, 2.75) is 51.1 Å². The minimum Gasteiger partial charge on any atom is -0.464 e. The summed E-state index contributed by atoms with van der Waals surface area (Å²) in [6.07, 6.45) is 0.273. The lowest BCUT2D eigenvalue weighted by Gasteiger charge is -2.34. The molecule has 1 aliphatic rings. The summed E-state index contributed by atoms with van der Waals surface area (Å²) < 4.78 is 56.7. The predicted octanol–water partition coefficient (Wildman–Crippen LogP) is 0.877. The number of nitrogens with zero attached hydrogens (tertiary/aromatic N) is 1. The third-order valence-corrected chi connectivity index (χ3v) is 8.46. The predicted molar refractivity (Wildman–Crippen MR) is 116 cm³/mol. The van der Waals surface area contributed by atoms with E-state index < -0.39 is 49.6 Å². The summed E-state index contributed by atoms with van der Waals surface area (Å²) in [6, 6.07) is 3.62. The van der Waals surface area contributed by atoms with E-state index in [1.54, 1.807) is 19.1 Å². The van der Waals surface area contributed by atoms with Crippen LogP contribution in [0.5, 0.6) is 0 Å². The first kappa shape index (κ1) is 25.3. The fourth-order valence-corrected chi connectivity index (χ4v) is 6.58. The van der Waals surface area contributed by atoms with Crippen LogP contribution in [0, 0.1) is 12.8 Å². The van der Waals surface area contributed by atoms with Crippen LogP contribution in [0.3, 0.4) is 0 Å². The Bertz CT molecular complexity index is 1000. The van der Waals surface area contributed by atoms with Crippen molar-refractivity contribution < 1.29 is 31.2 Å². The third kappa shape index (κ3) is 6.50. The molecule has 1 saturated heterocycles. The maximum absolute atomic E-state index is 13.2. The maximum atomic E-state index is 13.2. The molecule has 1 aromatic rings. The average Bonchev–Trinajstić information content (AvgIpc) is 2.66. The minimum absolute atomic E-state index is 0.0284. The van der Waals surface area contributed by atoms with Gasteiger partial charge in [0, 0.05) is 6.54 Å². The standard InChI is InChI=1S/C20H30N2O7S2/c1-5-29-20(24)17(12-14(2)3)21-19(23)18-13-30(25,26)11-10-22(18)31(27,28)16-8-6-15(4)7-9-16/h6-9,14,17-18H,5,10-13H2,1-4H3,(H,21,23)/t17?,18-/m0/s1. The van der Waals surface area contributed by atoms with E-state index in [1.807, 2.05) is 20.8 Å². The van der Waals surface area contributed by atoms with Crippen LogP contribution in [-0.2, 0) is 34.2 Å². The van der Waals surface area contributed by atoms with Crippen LogP contribution in [0.4, 0.5) is 0 Å². The Morgan fingerprint density at radius 1 is 1.23 bits per heavy atom. The molecule has 1 fully saturated rings. The fraction of sp³-hybridized carbons (Fsp3) is 0.600. The van der Waals surface area contributed by atoms with E-state index in [0.29, 0.717) is 0 Å². The van der Waals surface area contributed by atoms with Crippen LogP contribution in [0.1, 0.15) is 32.8 Å². The largest absolute Gasteiger partial charge is 0.464 e. The Morgan fingerprint density at radius 3 is 2.39 bits per heavy atom. The Kier molecular flexibility index (Phi) is 8.23. The number of benzene rings is 1. The van der Waals surface area contributed by atoms with E-state index in [0.717, 1.165) is 9.87 Å². The number of hydrogen-bond donors (Lipinski definition) is 1. The van der Waals surface area contributed by atoms with E-state index in [4.69, 9.17) is 4.74 Å². The lowest BCUT2D eigenvalue weighted by molar-refractivity contribution is -0.148.